The number of likely N-dealkylation sites (N-methyl/N-ethyl adjacent to an activating group) is 1. The molecule has 2 aromatic heterocycles. The van der Waals surface area contributed by atoms with E-state index in [9.17, 15) is 24.0 Å². The second-order valence-electron chi connectivity index (χ2n) is 18.3. The lowest BCUT2D eigenvalue weighted by atomic mass is 9.86. The molecule has 2 aromatic carbocycles. The van der Waals surface area contributed by atoms with E-state index in [1.54, 1.807) is 35.9 Å². The minimum absolute atomic E-state index is 0.0356. The number of nitrogens with one attached hydrogen (secondary N) is 3. The van der Waals surface area contributed by atoms with Crippen LogP contribution in [0.25, 0.3) is 10.9 Å². The van der Waals surface area contributed by atoms with E-state index in [0.29, 0.717) is 46.3 Å². The molecule has 4 fully saturated rings. The van der Waals surface area contributed by atoms with Gasteiger partial charge in [-0.15, -0.1) is 0 Å². The first kappa shape index (κ1) is 45.3. The molecule has 0 radical (unpaired) electrons. The minimum Gasteiger partial charge on any atom is -0.478 e. The van der Waals surface area contributed by atoms with Gasteiger partial charge in [-0.25, -0.2) is 9.37 Å². The first-order valence-corrected chi connectivity index (χ1v) is 23.3. The number of carbonyl (C=O) groups excluding carboxylic acids is 4. The van der Waals surface area contributed by atoms with Gasteiger partial charge in [0.15, 0.2) is 24.0 Å². The first-order chi connectivity index (χ1) is 31.7. The lowest BCUT2D eigenvalue weighted by Gasteiger charge is -2.49. The van der Waals surface area contributed by atoms with Crippen LogP contribution in [-0.4, -0.2) is 125 Å². The SMILES string of the molecule is CNC(=O)COc1cc2cc(Nc3nc(N4CCC(OC5CC(N6CCN(c7ccc8c(c7F)[C@H](C)N([C@@H]7CCC(=O)NC7=O)C8=O)[C@H](C)C6)C5)CC4)ncc3Cl)ccc2n(C(C)C)c1=O. The predicted molar refractivity (Wildman–Crippen MR) is 247 cm³/mol. The molecule has 4 aromatic rings. The summed E-state index contributed by atoms with van der Waals surface area (Å²) in [4.78, 5) is 80.4. The summed E-state index contributed by atoms with van der Waals surface area (Å²) in [6.07, 6.45) is 5.82. The highest BCUT2D eigenvalue weighted by Gasteiger charge is 2.46. The molecule has 5 aliphatic rings. The fourth-order valence-corrected chi connectivity index (χ4v) is 10.4. The zero-order chi connectivity index (χ0) is 46.6. The number of piperazine rings is 1. The second kappa shape index (κ2) is 18.4. The maximum atomic E-state index is 16.4. The smallest absolute Gasteiger partial charge is 0.293 e. The van der Waals surface area contributed by atoms with E-state index in [2.05, 4.69) is 42.6 Å². The number of imide groups is 1. The van der Waals surface area contributed by atoms with Crippen LogP contribution in [0.15, 0.2) is 47.4 Å². The Morgan fingerprint density at radius 3 is 2.48 bits per heavy atom. The van der Waals surface area contributed by atoms with Gasteiger partial charge in [0.25, 0.3) is 17.4 Å². The lowest BCUT2D eigenvalue weighted by molar-refractivity contribution is -0.137. The number of aromatic nitrogens is 3. The van der Waals surface area contributed by atoms with Crippen LogP contribution in [0.1, 0.15) is 94.2 Å². The number of halogens is 2. The van der Waals surface area contributed by atoms with Gasteiger partial charge in [0, 0.05) is 86.5 Å². The molecule has 3 N–H and O–H groups in total. The van der Waals surface area contributed by atoms with E-state index in [1.807, 2.05) is 32.0 Å². The van der Waals surface area contributed by atoms with Crippen LogP contribution < -0.4 is 36.0 Å². The standard InChI is InChI=1S/C47H56ClFN10O7/c1-25(2)58-35-8-6-29(18-28(35)19-38(46(58)64)65-24-40(61)50-5)52-43-34(48)22-51-47(54-43)55-14-12-31(13-15-55)66-32-20-30(21-32)56-16-17-57(26(3)23-56)36-9-7-33-41(42(36)49)27(4)59(45(33)63)37-10-11-39(60)53-44(37)62/h6-9,18-19,22,25-27,30-32,37H,10-17,20-21,23-24H2,1-5H3,(H,50,61)(H,51,52,54)(H,53,60,62)/t26-,27+,30?,32?,37-/m1/s1. The van der Waals surface area contributed by atoms with Crippen molar-refractivity contribution in [3.63, 3.8) is 0 Å². The zero-order valence-corrected chi connectivity index (χ0v) is 38.6. The summed E-state index contributed by atoms with van der Waals surface area (Å²) >= 11 is 6.60. The molecule has 19 heteroatoms. The average molecular weight is 927 g/mol. The van der Waals surface area contributed by atoms with E-state index < -0.39 is 23.8 Å². The summed E-state index contributed by atoms with van der Waals surface area (Å²) in [5.74, 6) is -0.924. The van der Waals surface area contributed by atoms with Crippen LogP contribution in [0, 0.1) is 5.82 Å². The number of benzene rings is 2. The number of rotatable bonds is 12. The van der Waals surface area contributed by atoms with Crippen molar-refractivity contribution in [1.29, 1.82) is 0 Å². The Balaban J connectivity index is 0.762. The van der Waals surface area contributed by atoms with Gasteiger partial charge in [-0.3, -0.25) is 34.2 Å². The van der Waals surface area contributed by atoms with Crippen molar-refractivity contribution in [1.82, 2.24) is 35.0 Å². The number of fused-ring (bicyclic) bond motifs is 2. The van der Waals surface area contributed by atoms with Gasteiger partial charge in [0.1, 0.15) is 11.1 Å². The van der Waals surface area contributed by atoms with Gasteiger partial charge in [-0.05, 0) is 96.2 Å². The number of nitrogens with zero attached hydrogens (tertiary/aromatic N) is 7. The van der Waals surface area contributed by atoms with Crippen molar-refractivity contribution in [2.75, 3.05) is 61.5 Å². The third-order valence-electron chi connectivity index (χ3n) is 13.8. The number of pyridine rings is 1. The lowest BCUT2D eigenvalue weighted by Crippen LogP contribution is -2.59. The Hall–Kier alpha value is -5.85. The number of hydrogen-bond acceptors (Lipinski definition) is 13. The summed E-state index contributed by atoms with van der Waals surface area (Å²) in [6, 6.07) is 9.46. The van der Waals surface area contributed by atoms with Crippen LogP contribution in [0.5, 0.6) is 5.75 Å². The molecule has 1 aliphatic carbocycles. The summed E-state index contributed by atoms with van der Waals surface area (Å²) in [7, 11) is 1.51. The summed E-state index contributed by atoms with van der Waals surface area (Å²) < 4.78 is 30.3. The summed E-state index contributed by atoms with van der Waals surface area (Å²) in [6.45, 7) is 11.1. The molecule has 350 valence electrons. The summed E-state index contributed by atoms with van der Waals surface area (Å²) in [5.41, 5.74) is 2.16. The largest absolute Gasteiger partial charge is 0.478 e. The van der Waals surface area contributed by atoms with Crippen LogP contribution in [0.2, 0.25) is 5.02 Å². The van der Waals surface area contributed by atoms with Gasteiger partial charge < -0.3 is 39.4 Å². The van der Waals surface area contributed by atoms with E-state index in [4.69, 9.17) is 26.1 Å². The predicted octanol–water partition coefficient (Wildman–Crippen LogP) is 5.08. The Labute approximate surface area is 386 Å². The maximum Gasteiger partial charge on any atom is 0.293 e. The minimum atomic E-state index is -0.811. The van der Waals surface area contributed by atoms with Crippen molar-refractivity contribution < 1.29 is 33.0 Å². The molecule has 0 unspecified atom stereocenters. The van der Waals surface area contributed by atoms with Gasteiger partial charge >= 0.3 is 0 Å². The molecule has 6 heterocycles. The summed E-state index contributed by atoms with van der Waals surface area (Å²) in [5, 5.41) is 9.25. The van der Waals surface area contributed by atoms with E-state index in [-0.39, 0.29) is 78.3 Å². The number of anilines is 4. The highest BCUT2D eigenvalue weighted by atomic mass is 35.5. The molecular weight excluding hydrogens is 871 g/mol. The van der Waals surface area contributed by atoms with Crippen molar-refractivity contribution in [2.24, 2.45) is 0 Å². The highest BCUT2D eigenvalue weighted by Crippen LogP contribution is 2.42. The fraction of sp³-hybridized carbons (Fsp3) is 0.511. The van der Waals surface area contributed by atoms with Crippen molar-refractivity contribution >= 4 is 69.3 Å². The normalized spacial score (nSPS) is 23.8. The number of ether oxygens (including phenoxy) is 2. The molecule has 17 nitrogen and oxygen atoms in total. The van der Waals surface area contributed by atoms with Gasteiger partial charge in [0.2, 0.25) is 17.8 Å². The third-order valence-corrected chi connectivity index (χ3v) is 14.1. The second-order valence-corrected chi connectivity index (χ2v) is 18.7. The van der Waals surface area contributed by atoms with Crippen LogP contribution in [0.4, 0.5) is 27.5 Å². The molecule has 4 aliphatic heterocycles. The fourth-order valence-electron chi connectivity index (χ4n) is 10.3. The Morgan fingerprint density at radius 2 is 1.77 bits per heavy atom. The molecule has 4 amide bonds. The molecule has 1 saturated carbocycles. The number of piperidine rings is 2. The number of hydrogen-bond donors (Lipinski definition) is 3. The van der Waals surface area contributed by atoms with Gasteiger partial charge in [0.05, 0.1) is 35.7 Å². The molecule has 9 rings (SSSR count). The third kappa shape index (κ3) is 8.65. The number of carbonyl (C=O) groups is 4. The Kier molecular flexibility index (Phi) is 12.7. The molecule has 66 heavy (non-hydrogen) atoms. The van der Waals surface area contributed by atoms with Gasteiger partial charge in [-0.1, -0.05) is 11.6 Å². The highest BCUT2D eigenvalue weighted by molar-refractivity contribution is 6.33. The quantitative estimate of drug-likeness (QED) is 0.160. The van der Waals surface area contributed by atoms with Crippen LogP contribution in [0.3, 0.4) is 0 Å². The van der Waals surface area contributed by atoms with Crippen molar-refractivity contribution in [3.8, 4) is 5.75 Å². The van der Waals surface area contributed by atoms with E-state index in [1.165, 1.54) is 11.9 Å². The first-order valence-electron chi connectivity index (χ1n) is 22.9. The monoisotopic (exact) mass is 926 g/mol. The molecular formula is C47H56ClFN10O7. The van der Waals surface area contributed by atoms with Crippen molar-refractivity contribution in [2.45, 2.75) is 109 Å². The average Bonchev–Trinajstić information content (AvgIpc) is 3.53. The Morgan fingerprint density at radius 1 is 1.00 bits per heavy atom. The topological polar surface area (TPSA) is 184 Å². The molecule has 0 spiro atoms. The molecule has 3 saturated heterocycles. The maximum absolute atomic E-state index is 16.4. The van der Waals surface area contributed by atoms with E-state index >= 15 is 4.39 Å². The molecule has 3 atom stereocenters. The van der Waals surface area contributed by atoms with Gasteiger partial charge in [-0.2, -0.15) is 4.98 Å². The Bertz CT molecular complexity index is 2630. The number of amides is 4. The van der Waals surface area contributed by atoms with Crippen molar-refractivity contribution in [3.05, 3.63) is 74.9 Å². The zero-order valence-electron chi connectivity index (χ0n) is 37.8. The van der Waals surface area contributed by atoms with E-state index in [0.717, 1.165) is 62.8 Å². The van der Waals surface area contributed by atoms with Crippen LogP contribution in [-0.2, 0) is 19.1 Å². The van der Waals surface area contributed by atoms with Crippen LogP contribution >= 0.6 is 11.6 Å². The molecule has 0 bridgehead atoms.